The highest BCUT2D eigenvalue weighted by Crippen LogP contribution is 2.45. The normalized spacial score (nSPS) is 25.5. The standard InChI is InChI=1S/C17H29NO3/c1-13(2)9-16(3,21)12-18-14(19)10-17(11-15(18)20)7-5-4-6-8-17/h13,21H,4-12H2,1-3H3. The van der Waals surface area contributed by atoms with Crippen LogP contribution in [0.3, 0.4) is 0 Å². The van der Waals surface area contributed by atoms with Gasteiger partial charge >= 0.3 is 0 Å². The second-order valence-corrected chi connectivity index (χ2v) is 7.88. The summed E-state index contributed by atoms with van der Waals surface area (Å²) >= 11 is 0. The highest BCUT2D eigenvalue weighted by atomic mass is 16.3. The van der Waals surface area contributed by atoms with Crippen molar-refractivity contribution in [3.05, 3.63) is 0 Å². The van der Waals surface area contributed by atoms with Crippen molar-refractivity contribution < 1.29 is 14.7 Å². The lowest BCUT2D eigenvalue weighted by atomic mass is 9.67. The first-order chi connectivity index (χ1) is 9.73. The van der Waals surface area contributed by atoms with Crippen LogP contribution in [0.5, 0.6) is 0 Å². The fraction of sp³-hybridized carbons (Fsp3) is 0.882. The van der Waals surface area contributed by atoms with Gasteiger partial charge in [-0.3, -0.25) is 14.5 Å². The van der Waals surface area contributed by atoms with Crippen LogP contribution in [0.15, 0.2) is 0 Å². The molecule has 4 nitrogen and oxygen atoms in total. The maximum atomic E-state index is 12.4. The lowest BCUT2D eigenvalue weighted by molar-refractivity contribution is -0.159. The number of carbonyl (C=O) groups is 2. The van der Waals surface area contributed by atoms with E-state index in [2.05, 4.69) is 0 Å². The maximum Gasteiger partial charge on any atom is 0.229 e. The molecule has 4 heteroatoms. The Bertz CT molecular complexity index is 388. The zero-order valence-electron chi connectivity index (χ0n) is 13.7. The SMILES string of the molecule is CC(C)CC(C)(O)CN1C(=O)CC2(CCCCC2)CC1=O. The minimum Gasteiger partial charge on any atom is -0.388 e. The smallest absolute Gasteiger partial charge is 0.229 e. The Kier molecular flexibility index (Phi) is 4.76. The highest BCUT2D eigenvalue weighted by molar-refractivity contribution is 5.98. The fourth-order valence-corrected chi connectivity index (χ4v) is 4.15. The molecule has 1 N–H and O–H groups in total. The third kappa shape index (κ3) is 4.06. The van der Waals surface area contributed by atoms with E-state index in [4.69, 9.17) is 0 Å². The van der Waals surface area contributed by atoms with Crippen LogP contribution in [0.4, 0.5) is 0 Å². The first kappa shape index (κ1) is 16.5. The van der Waals surface area contributed by atoms with E-state index in [0.717, 1.165) is 25.7 Å². The number of amides is 2. The number of hydrogen-bond donors (Lipinski definition) is 1. The third-order valence-electron chi connectivity index (χ3n) is 4.92. The van der Waals surface area contributed by atoms with Crippen LogP contribution >= 0.6 is 0 Å². The molecule has 1 atom stereocenters. The van der Waals surface area contributed by atoms with Crippen molar-refractivity contribution in [3.8, 4) is 0 Å². The van der Waals surface area contributed by atoms with E-state index in [1.807, 2.05) is 13.8 Å². The van der Waals surface area contributed by atoms with E-state index in [9.17, 15) is 14.7 Å². The van der Waals surface area contributed by atoms with Crippen LogP contribution < -0.4 is 0 Å². The second kappa shape index (κ2) is 6.07. The van der Waals surface area contributed by atoms with Gasteiger partial charge in [0.05, 0.1) is 12.1 Å². The summed E-state index contributed by atoms with van der Waals surface area (Å²) in [5.74, 6) is 0.161. The molecule has 0 bridgehead atoms. The van der Waals surface area contributed by atoms with Crippen LogP contribution in [-0.2, 0) is 9.59 Å². The van der Waals surface area contributed by atoms with Gasteiger partial charge in [-0.25, -0.2) is 0 Å². The topological polar surface area (TPSA) is 57.6 Å². The molecule has 0 aromatic carbocycles. The third-order valence-corrected chi connectivity index (χ3v) is 4.92. The number of nitrogens with zero attached hydrogens (tertiary/aromatic N) is 1. The molecular formula is C17H29NO3. The monoisotopic (exact) mass is 295 g/mol. The average Bonchev–Trinajstić information content (AvgIpc) is 2.33. The van der Waals surface area contributed by atoms with E-state index in [-0.39, 0.29) is 23.8 Å². The number of aliphatic hydroxyl groups is 1. The predicted octanol–water partition coefficient (Wildman–Crippen LogP) is 2.88. The van der Waals surface area contributed by atoms with Crippen molar-refractivity contribution in [1.82, 2.24) is 4.90 Å². The summed E-state index contributed by atoms with van der Waals surface area (Å²) in [7, 11) is 0. The van der Waals surface area contributed by atoms with E-state index in [1.165, 1.54) is 11.3 Å². The number of β-amino-alcohol motifs (C(OH)–C–C–N with tert-alkyl or cyclic N) is 1. The molecule has 2 rings (SSSR count). The molecule has 1 unspecified atom stereocenters. The van der Waals surface area contributed by atoms with Gasteiger partial charge in [0.1, 0.15) is 0 Å². The van der Waals surface area contributed by atoms with Gasteiger partial charge in [0.25, 0.3) is 0 Å². The molecule has 1 saturated heterocycles. The molecule has 1 saturated carbocycles. The average molecular weight is 295 g/mol. The van der Waals surface area contributed by atoms with Gasteiger partial charge in [-0.2, -0.15) is 0 Å². The van der Waals surface area contributed by atoms with Gasteiger partial charge in [0, 0.05) is 12.8 Å². The van der Waals surface area contributed by atoms with Gasteiger partial charge in [0.15, 0.2) is 0 Å². The van der Waals surface area contributed by atoms with Crippen molar-refractivity contribution in [2.24, 2.45) is 11.3 Å². The summed E-state index contributed by atoms with van der Waals surface area (Å²) in [5.41, 5.74) is -1.07. The maximum absolute atomic E-state index is 12.4. The van der Waals surface area contributed by atoms with Crippen molar-refractivity contribution >= 4 is 11.8 Å². The molecule has 2 fully saturated rings. The van der Waals surface area contributed by atoms with Gasteiger partial charge in [0.2, 0.25) is 11.8 Å². The lowest BCUT2D eigenvalue weighted by Crippen LogP contribution is -2.53. The summed E-state index contributed by atoms with van der Waals surface area (Å²) in [6, 6.07) is 0. The summed E-state index contributed by atoms with van der Waals surface area (Å²) in [6.07, 6.45) is 7.04. The molecule has 0 aromatic rings. The Hall–Kier alpha value is -0.900. The number of carbonyl (C=O) groups excluding carboxylic acids is 2. The number of hydrogen-bond acceptors (Lipinski definition) is 3. The summed E-state index contributed by atoms with van der Waals surface area (Å²) in [6.45, 7) is 5.92. The van der Waals surface area contributed by atoms with Crippen LogP contribution in [-0.4, -0.2) is 34.0 Å². The van der Waals surface area contributed by atoms with Crippen LogP contribution in [0.25, 0.3) is 0 Å². The summed E-state index contributed by atoms with van der Waals surface area (Å²) < 4.78 is 0. The fourth-order valence-electron chi connectivity index (χ4n) is 4.15. The van der Waals surface area contributed by atoms with Crippen molar-refractivity contribution in [1.29, 1.82) is 0 Å². The Morgan fingerprint density at radius 2 is 1.67 bits per heavy atom. The first-order valence-electron chi connectivity index (χ1n) is 8.29. The van der Waals surface area contributed by atoms with Gasteiger partial charge in [-0.1, -0.05) is 33.1 Å². The zero-order chi connectivity index (χ0) is 15.7. The van der Waals surface area contributed by atoms with Gasteiger partial charge in [-0.15, -0.1) is 0 Å². The predicted molar refractivity (Wildman–Crippen MR) is 81.6 cm³/mol. The number of piperidine rings is 1. The Morgan fingerprint density at radius 3 is 2.14 bits per heavy atom. The van der Waals surface area contributed by atoms with Crippen molar-refractivity contribution in [2.75, 3.05) is 6.54 Å². The Labute approximate surface area is 127 Å². The quantitative estimate of drug-likeness (QED) is 0.811. The van der Waals surface area contributed by atoms with Crippen LogP contribution in [0, 0.1) is 11.3 Å². The van der Waals surface area contributed by atoms with Crippen molar-refractivity contribution in [2.45, 2.75) is 77.7 Å². The Balaban J connectivity index is 2.03. The second-order valence-electron chi connectivity index (χ2n) is 7.88. The first-order valence-corrected chi connectivity index (χ1v) is 8.29. The molecular weight excluding hydrogens is 266 g/mol. The highest BCUT2D eigenvalue weighted by Gasteiger charge is 2.45. The molecule has 2 aliphatic rings. The van der Waals surface area contributed by atoms with E-state index < -0.39 is 5.60 Å². The number of rotatable bonds is 4. The molecule has 2 amide bonds. The summed E-state index contributed by atoms with van der Waals surface area (Å²) in [4.78, 5) is 26.2. The van der Waals surface area contributed by atoms with E-state index >= 15 is 0 Å². The molecule has 1 spiro atoms. The minimum absolute atomic E-state index is 0.0766. The molecule has 0 radical (unpaired) electrons. The van der Waals surface area contributed by atoms with Gasteiger partial charge < -0.3 is 5.11 Å². The van der Waals surface area contributed by atoms with E-state index in [1.54, 1.807) is 6.92 Å². The van der Waals surface area contributed by atoms with Crippen LogP contribution in [0.2, 0.25) is 0 Å². The van der Waals surface area contributed by atoms with Crippen molar-refractivity contribution in [3.63, 3.8) is 0 Å². The number of likely N-dealkylation sites (tertiary alicyclic amines) is 1. The molecule has 1 aliphatic carbocycles. The molecule has 0 aromatic heterocycles. The zero-order valence-corrected chi connectivity index (χ0v) is 13.7. The van der Waals surface area contributed by atoms with Crippen LogP contribution in [0.1, 0.15) is 72.1 Å². The molecule has 1 aliphatic heterocycles. The number of imide groups is 1. The molecule has 1 heterocycles. The summed E-state index contributed by atoms with van der Waals surface area (Å²) in [5, 5.41) is 10.4. The van der Waals surface area contributed by atoms with Gasteiger partial charge in [-0.05, 0) is 37.5 Å². The largest absolute Gasteiger partial charge is 0.388 e. The molecule has 21 heavy (non-hydrogen) atoms. The lowest BCUT2D eigenvalue weighted by Gasteiger charge is -2.44. The van der Waals surface area contributed by atoms with E-state index in [0.29, 0.717) is 25.2 Å². The Morgan fingerprint density at radius 1 is 1.14 bits per heavy atom. The molecule has 120 valence electrons. The minimum atomic E-state index is -0.990.